The van der Waals surface area contributed by atoms with Gasteiger partial charge in [0.1, 0.15) is 0 Å². The molecule has 2 rings (SSSR count). The van der Waals surface area contributed by atoms with Crippen LogP contribution in [0.4, 0.5) is 0 Å². The van der Waals surface area contributed by atoms with Gasteiger partial charge in [-0.15, -0.1) is 11.3 Å². The summed E-state index contributed by atoms with van der Waals surface area (Å²) in [6.07, 6.45) is 5.67. The van der Waals surface area contributed by atoms with Crippen molar-refractivity contribution in [3.8, 4) is 0 Å². The maximum atomic E-state index is 3.98. The Hall–Kier alpha value is -1.09. The van der Waals surface area contributed by atoms with E-state index in [4.69, 9.17) is 0 Å². The van der Waals surface area contributed by atoms with E-state index in [1.807, 2.05) is 17.5 Å². The van der Waals surface area contributed by atoms with Crippen LogP contribution in [0.2, 0.25) is 0 Å². The molecule has 1 aromatic heterocycles. The Kier molecular flexibility index (Phi) is 2.19. The Morgan fingerprint density at radius 1 is 1.46 bits per heavy atom. The van der Waals surface area contributed by atoms with Crippen LogP contribution >= 0.6 is 11.3 Å². The van der Waals surface area contributed by atoms with Gasteiger partial charge in [0.05, 0.1) is 12.4 Å². The predicted molar refractivity (Wildman–Crippen MR) is 57.3 cm³/mol. The molecular formula is C10H12N2S. The Labute approximate surface area is 82.0 Å². The van der Waals surface area contributed by atoms with Crippen LogP contribution in [0.3, 0.4) is 0 Å². The fourth-order valence-electron chi connectivity index (χ4n) is 1.51. The van der Waals surface area contributed by atoms with Crippen molar-refractivity contribution in [3.05, 3.63) is 33.7 Å². The molecule has 13 heavy (non-hydrogen) atoms. The van der Waals surface area contributed by atoms with Crippen molar-refractivity contribution in [1.29, 1.82) is 0 Å². The molecular weight excluding hydrogens is 180 g/mol. The lowest BCUT2D eigenvalue weighted by atomic mass is 10.1. The van der Waals surface area contributed by atoms with E-state index in [9.17, 15) is 0 Å². The lowest BCUT2D eigenvalue weighted by Gasteiger charge is -2.14. The maximum Gasteiger partial charge on any atom is 0.0886 e. The molecule has 68 valence electrons. The first-order chi connectivity index (χ1) is 6.27. The molecule has 0 unspecified atom stereocenters. The molecule has 0 bridgehead atoms. The quantitative estimate of drug-likeness (QED) is 0.726. The van der Waals surface area contributed by atoms with E-state index in [-0.39, 0.29) is 0 Å². The van der Waals surface area contributed by atoms with Crippen LogP contribution in [-0.2, 0) is 0 Å². The number of aliphatic imine (C=N–C) groups is 1. The lowest BCUT2D eigenvalue weighted by molar-refractivity contribution is 0.788. The third-order valence-corrected chi connectivity index (χ3v) is 3.09. The van der Waals surface area contributed by atoms with Gasteiger partial charge in [-0.2, -0.15) is 0 Å². The van der Waals surface area contributed by atoms with Crippen LogP contribution < -0.4 is 5.32 Å². The lowest BCUT2D eigenvalue weighted by Crippen LogP contribution is -2.19. The highest BCUT2D eigenvalue weighted by Crippen LogP contribution is 2.27. The summed E-state index contributed by atoms with van der Waals surface area (Å²) in [5.41, 5.74) is 1.37. The van der Waals surface area contributed by atoms with Crippen molar-refractivity contribution in [3.63, 3.8) is 0 Å². The van der Waals surface area contributed by atoms with Crippen molar-refractivity contribution in [1.82, 2.24) is 5.32 Å². The van der Waals surface area contributed by atoms with Crippen LogP contribution in [0.5, 0.6) is 0 Å². The first kappa shape index (κ1) is 8.51. The molecule has 2 nitrogen and oxygen atoms in total. The van der Waals surface area contributed by atoms with Crippen LogP contribution in [0, 0.1) is 13.8 Å². The third-order valence-electron chi connectivity index (χ3n) is 2.11. The molecule has 2 heterocycles. The highest BCUT2D eigenvalue weighted by atomic mass is 32.1. The van der Waals surface area contributed by atoms with Gasteiger partial charge < -0.3 is 5.32 Å². The zero-order chi connectivity index (χ0) is 9.26. The summed E-state index contributed by atoms with van der Waals surface area (Å²) in [5.74, 6) is 0. The summed E-state index contributed by atoms with van der Waals surface area (Å²) in [6.45, 7) is 4.30. The van der Waals surface area contributed by atoms with E-state index in [0.29, 0.717) is 6.04 Å². The Morgan fingerprint density at radius 3 is 2.85 bits per heavy atom. The van der Waals surface area contributed by atoms with Crippen LogP contribution in [0.15, 0.2) is 23.3 Å². The number of thiophene rings is 1. The SMILES string of the molecule is Cc1cc([C@H]2C=CN=CN2)c(C)s1. The standard InChI is InChI=1S/C10H12N2S/c1-7-5-9(8(2)13-7)10-3-4-11-6-12-10/h3-6,10H,1-2H3,(H,11,12)/t10-/m1/s1. The third kappa shape index (κ3) is 1.65. The van der Waals surface area contributed by atoms with E-state index < -0.39 is 0 Å². The zero-order valence-corrected chi connectivity index (χ0v) is 8.56. The highest BCUT2D eigenvalue weighted by molar-refractivity contribution is 7.12. The average Bonchev–Trinajstić information content (AvgIpc) is 2.47. The Morgan fingerprint density at radius 2 is 2.31 bits per heavy atom. The van der Waals surface area contributed by atoms with Crippen LogP contribution in [0.25, 0.3) is 0 Å². The molecule has 1 aromatic rings. The van der Waals surface area contributed by atoms with Gasteiger partial charge in [0.2, 0.25) is 0 Å². The van der Waals surface area contributed by atoms with Gasteiger partial charge in [0, 0.05) is 16.0 Å². The van der Waals surface area contributed by atoms with Crippen molar-refractivity contribution < 1.29 is 0 Å². The first-order valence-corrected chi connectivity index (χ1v) is 5.10. The summed E-state index contributed by atoms with van der Waals surface area (Å²) >= 11 is 1.84. The van der Waals surface area contributed by atoms with E-state index in [1.165, 1.54) is 15.3 Å². The number of aryl methyl sites for hydroxylation is 2. The molecule has 0 spiro atoms. The number of hydrogen-bond acceptors (Lipinski definition) is 3. The molecule has 1 N–H and O–H groups in total. The second kappa shape index (κ2) is 3.34. The largest absolute Gasteiger partial charge is 0.366 e. The molecule has 1 atom stereocenters. The number of nitrogens with one attached hydrogen (secondary N) is 1. The van der Waals surface area contributed by atoms with E-state index in [1.54, 1.807) is 6.34 Å². The molecule has 0 saturated heterocycles. The average molecular weight is 192 g/mol. The summed E-state index contributed by atoms with van der Waals surface area (Å²) in [4.78, 5) is 6.73. The second-order valence-corrected chi connectivity index (χ2v) is 4.59. The minimum absolute atomic E-state index is 0.308. The topological polar surface area (TPSA) is 24.4 Å². The van der Waals surface area contributed by atoms with E-state index in [0.717, 1.165) is 0 Å². The van der Waals surface area contributed by atoms with E-state index in [2.05, 4.69) is 36.3 Å². The summed E-state index contributed by atoms with van der Waals surface area (Å²) < 4.78 is 0. The zero-order valence-electron chi connectivity index (χ0n) is 7.74. The van der Waals surface area contributed by atoms with Gasteiger partial charge in [-0.1, -0.05) is 0 Å². The normalized spacial score (nSPS) is 20.3. The van der Waals surface area contributed by atoms with Gasteiger partial charge in [-0.3, -0.25) is 0 Å². The van der Waals surface area contributed by atoms with Crippen molar-refractivity contribution in [2.24, 2.45) is 4.99 Å². The Balaban J connectivity index is 2.30. The van der Waals surface area contributed by atoms with Crippen LogP contribution in [-0.4, -0.2) is 6.34 Å². The van der Waals surface area contributed by atoms with Gasteiger partial charge in [-0.05, 0) is 31.6 Å². The minimum atomic E-state index is 0.308. The maximum absolute atomic E-state index is 3.98. The number of hydrogen-bond donors (Lipinski definition) is 1. The number of nitrogens with zero attached hydrogens (tertiary/aromatic N) is 1. The Bertz CT molecular complexity index is 363. The molecule has 0 saturated carbocycles. The van der Waals surface area contributed by atoms with Gasteiger partial charge in [0.25, 0.3) is 0 Å². The molecule has 3 heteroatoms. The van der Waals surface area contributed by atoms with Crippen molar-refractivity contribution >= 4 is 17.7 Å². The second-order valence-electron chi connectivity index (χ2n) is 3.13. The van der Waals surface area contributed by atoms with Crippen LogP contribution in [0.1, 0.15) is 21.4 Å². The summed E-state index contributed by atoms with van der Waals surface area (Å²) in [6, 6.07) is 2.55. The van der Waals surface area contributed by atoms with Gasteiger partial charge >= 0.3 is 0 Å². The molecule has 0 aliphatic carbocycles. The fourth-order valence-corrected chi connectivity index (χ4v) is 2.48. The monoisotopic (exact) mass is 192 g/mol. The molecule has 0 amide bonds. The highest BCUT2D eigenvalue weighted by Gasteiger charge is 2.12. The summed E-state index contributed by atoms with van der Waals surface area (Å²) in [7, 11) is 0. The fraction of sp³-hybridized carbons (Fsp3) is 0.300. The molecule has 0 aromatic carbocycles. The smallest absolute Gasteiger partial charge is 0.0886 e. The van der Waals surface area contributed by atoms with Crippen molar-refractivity contribution in [2.45, 2.75) is 19.9 Å². The van der Waals surface area contributed by atoms with Gasteiger partial charge in [-0.25, -0.2) is 4.99 Å². The first-order valence-electron chi connectivity index (χ1n) is 4.28. The van der Waals surface area contributed by atoms with Crippen molar-refractivity contribution in [2.75, 3.05) is 0 Å². The number of rotatable bonds is 1. The minimum Gasteiger partial charge on any atom is -0.366 e. The molecule has 1 aliphatic heterocycles. The molecule has 0 fully saturated rings. The van der Waals surface area contributed by atoms with Gasteiger partial charge in [0.15, 0.2) is 0 Å². The molecule has 1 aliphatic rings. The van der Waals surface area contributed by atoms with E-state index >= 15 is 0 Å². The summed E-state index contributed by atoms with van der Waals surface area (Å²) in [5, 5.41) is 3.22. The molecule has 0 radical (unpaired) electrons. The predicted octanol–water partition coefficient (Wildman–Crippen LogP) is 2.55.